The predicted molar refractivity (Wildman–Crippen MR) is 218 cm³/mol. The van der Waals surface area contributed by atoms with E-state index in [4.69, 9.17) is 0 Å². The van der Waals surface area contributed by atoms with Gasteiger partial charge in [-0.2, -0.15) is 24.3 Å². The first-order chi connectivity index (χ1) is 27.5. The van der Waals surface area contributed by atoms with Crippen LogP contribution in [0.5, 0.6) is 0 Å². The van der Waals surface area contributed by atoms with Gasteiger partial charge in [0.15, 0.2) is 0 Å². The third-order valence-electron chi connectivity index (χ3n) is 10.8. The first-order valence-electron chi connectivity index (χ1n) is 18.9. The maximum Gasteiger partial charge on any atom is 0.241 e. The molecule has 0 saturated heterocycles. The Morgan fingerprint density at radius 1 is 0.702 bits per heavy atom. The Morgan fingerprint density at radius 3 is 1.72 bits per heavy atom. The minimum atomic E-state index is 0. The predicted octanol–water partition coefficient (Wildman–Crippen LogP) is 7.63. The molecule has 8 nitrogen and oxygen atoms in total. The van der Waals surface area contributed by atoms with Crippen LogP contribution in [-0.2, 0) is 47.0 Å². The van der Waals surface area contributed by atoms with Crippen molar-refractivity contribution >= 4 is 44.8 Å². The minimum Gasteiger partial charge on any atom is -0.421 e. The van der Waals surface area contributed by atoms with E-state index >= 15 is 0 Å². The van der Waals surface area contributed by atoms with Gasteiger partial charge in [0.2, 0.25) is 12.7 Å². The van der Waals surface area contributed by atoms with Crippen LogP contribution in [0.4, 0.5) is 0 Å². The Hall–Kier alpha value is -6.28. The number of benzene rings is 4. The van der Waals surface area contributed by atoms with Crippen molar-refractivity contribution < 1.29 is 29.2 Å². The minimum absolute atomic E-state index is 0. The number of aromatic nitrogens is 8. The molecule has 8 aromatic rings. The number of pyridine rings is 1. The van der Waals surface area contributed by atoms with E-state index in [2.05, 4.69) is 118 Å². The summed E-state index contributed by atoms with van der Waals surface area (Å²) in [5, 5.41) is 13.0. The molecule has 4 aliphatic carbocycles. The van der Waals surface area contributed by atoms with Crippen LogP contribution in [0, 0.1) is 31.7 Å². The summed E-state index contributed by atoms with van der Waals surface area (Å²) in [6.07, 6.45) is 34.3. The van der Waals surface area contributed by atoms with E-state index in [0.717, 1.165) is 42.8 Å². The van der Waals surface area contributed by atoms with Crippen LogP contribution in [0.3, 0.4) is 0 Å². The van der Waals surface area contributed by atoms with Crippen LogP contribution in [0.15, 0.2) is 110 Å². The molecule has 0 spiro atoms. The molecule has 0 saturated carbocycles. The molecule has 0 N–H and O–H groups in total. The van der Waals surface area contributed by atoms with Gasteiger partial charge in [-0.15, -0.1) is 44.8 Å². The summed E-state index contributed by atoms with van der Waals surface area (Å²) in [4.78, 5) is 8.19. The van der Waals surface area contributed by atoms with Crippen LogP contribution in [0.1, 0.15) is 52.0 Å². The number of nitrogens with zero attached hydrogens (tertiary/aromatic N) is 8. The van der Waals surface area contributed by atoms with E-state index in [-0.39, 0.29) is 20.1 Å². The normalized spacial score (nSPS) is 13.9. The summed E-state index contributed by atoms with van der Waals surface area (Å²) in [5.74, 6) is 1.27. The number of hydrogen-bond donors (Lipinski definition) is 0. The molecule has 281 valence electrons. The number of hydrogen-bond acceptors (Lipinski definition) is 3. The summed E-state index contributed by atoms with van der Waals surface area (Å²) in [5.41, 5.74) is 14.1. The molecule has 57 heavy (non-hydrogen) atoms. The van der Waals surface area contributed by atoms with Crippen molar-refractivity contribution in [3.8, 4) is 22.9 Å². The molecule has 4 heterocycles. The van der Waals surface area contributed by atoms with Crippen molar-refractivity contribution in [2.75, 3.05) is 0 Å². The van der Waals surface area contributed by atoms with Gasteiger partial charge in [-0.25, -0.2) is 0 Å². The molecule has 0 fully saturated rings. The van der Waals surface area contributed by atoms with Gasteiger partial charge in [0.1, 0.15) is 0 Å². The van der Waals surface area contributed by atoms with E-state index in [0.29, 0.717) is 11.6 Å². The van der Waals surface area contributed by atoms with Gasteiger partial charge in [0, 0.05) is 56.9 Å². The van der Waals surface area contributed by atoms with Crippen molar-refractivity contribution in [3.05, 3.63) is 174 Å². The fourth-order valence-corrected chi connectivity index (χ4v) is 8.24. The number of rotatable bonds is 3. The summed E-state index contributed by atoms with van der Waals surface area (Å²) >= 11 is 0. The van der Waals surface area contributed by atoms with Crippen LogP contribution >= 0.6 is 0 Å². The van der Waals surface area contributed by atoms with Crippen molar-refractivity contribution in [3.63, 3.8) is 0 Å². The molecule has 1 radical (unpaired) electrons. The molecule has 4 aliphatic rings. The molecule has 9 heteroatoms. The van der Waals surface area contributed by atoms with Crippen molar-refractivity contribution in [1.82, 2.24) is 29.3 Å². The monoisotopic (exact) mass is 918 g/mol. The van der Waals surface area contributed by atoms with E-state index in [9.17, 15) is 0 Å². The Bertz CT molecular complexity index is 2790. The molecule has 0 amide bonds. The second kappa shape index (κ2) is 15.0. The molecule has 0 atom stereocenters. The van der Waals surface area contributed by atoms with Gasteiger partial charge < -0.3 is 28.4 Å². The second-order valence-corrected chi connectivity index (χ2v) is 14.5. The Labute approximate surface area is 345 Å². The van der Waals surface area contributed by atoms with Crippen LogP contribution in [0.25, 0.3) is 67.7 Å². The van der Waals surface area contributed by atoms with Gasteiger partial charge >= 0.3 is 0 Å². The number of imidazole rings is 2. The van der Waals surface area contributed by atoms with Gasteiger partial charge in [-0.1, -0.05) is 78.9 Å². The van der Waals surface area contributed by atoms with E-state index in [1.165, 1.54) is 66.1 Å². The average molecular weight is 918 g/mol. The molecule has 4 aromatic carbocycles. The van der Waals surface area contributed by atoms with Crippen LogP contribution in [0.2, 0.25) is 0 Å². The Kier molecular flexibility index (Phi) is 9.56. The smallest absolute Gasteiger partial charge is 0.241 e. The zero-order chi connectivity index (χ0) is 37.8. The molecule has 12 rings (SSSR count). The zero-order valence-corrected chi connectivity index (χ0v) is 34.2. The maximum atomic E-state index is 4.10. The largest absolute Gasteiger partial charge is 0.421 e. The van der Waals surface area contributed by atoms with Crippen molar-refractivity contribution in [2.45, 2.75) is 32.6 Å². The summed E-state index contributed by atoms with van der Waals surface area (Å²) in [7, 11) is 3.98. The summed E-state index contributed by atoms with van der Waals surface area (Å²) in [6, 6.07) is 25.8. The molecular formula is C48H37IrN8-3. The quantitative estimate of drug-likeness (QED) is 0.135. The van der Waals surface area contributed by atoms with Gasteiger partial charge in [0.05, 0.1) is 19.8 Å². The van der Waals surface area contributed by atoms with Crippen LogP contribution < -0.4 is 14.2 Å². The summed E-state index contributed by atoms with van der Waals surface area (Å²) < 4.78 is 7.93. The number of allylic oxidation sites excluding steroid dienone is 6. The first-order valence-corrected chi connectivity index (χ1v) is 18.9. The van der Waals surface area contributed by atoms with E-state index in [1.54, 1.807) is 13.1 Å². The van der Waals surface area contributed by atoms with Gasteiger partial charge in [-0.3, -0.25) is 10.1 Å². The molecule has 0 bridgehead atoms. The van der Waals surface area contributed by atoms with Crippen molar-refractivity contribution in [2.24, 2.45) is 14.1 Å². The third-order valence-corrected chi connectivity index (χ3v) is 10.8. The van der Waals surface area contributed by atoms with Crippen LogP contribution in [-0.4, -0.2) is 24.2 Å². The zero-order valence-electron chi connectivity index (χ0n) is 31.8. The second-order valence-electron chi connectivity index (χ2n) is 14.5. The summed E-state index contributed by atoms with van der Waals surface area (Å²) in [6.45, 7) is 1.80. The van der Waals surface area contributed by atoms with E-state index < -0.39 is 0 Å². The topological polar surface area (TPSA) is 70.4 Å². The Balaban J connectivity index is 0.000000115. The van der Waals surface area contributed by atoms with Crippen molar-refractivity contribution in [1.29, 1.82) is 0 Å². The van der Waals surface area contributed by atoms with E-state index in [1.807, 2.05) is 75.4 Å². The molecule has 4 aromatic heterocycles. The fourth-order valence-electron chi connectivity index (χ4n) is 8.24. The first kappa shape index (κ1) is 36.4. The standard InChI is InChI=1S/2C20H15N2.C8H7N4.Ir/c2*1-21-11-12-22(13-21)18-10-8-16-6-5-14-3-2-4-15-7-9-17(18)20(16)19(14)15;1-6-10-8(12-11-6)7-4-2-3-5-9-7;/h2*2,4-5,7-9,11-12H,3,6H2,1H3;2-5H,1H3;/q3*-1;. The fraction of sp³-hybridized carbons (Fsp3) is 0.146. The molecule has 0 unspecified atom stereocenters. The molecule has 0 aliphatic heterocycles. The SMILES string of the molecule is C[n+]1[c-]n(-c2[c-]cc3c4c5c(ccc24)C=CCC5=CC3)cc1.C[n+]1[c-]n(-c2[c-]cc3c4c5c(ccc24)C=CCC5=CC3)cc1.Cc1n[n-]c(-c2ccccn2)n1.[Ir]. The number of aryl methyl sites for hydroxylation is 3. The Morgan fingerprint density at radius 2 is 1.26 bits per heavy atom. The molecular weight excluding hydrogens is 881 g/mol. The van der Waals surface area contributed by atoms with Gasteiger partial charge in [0.25, 0.3) is 0 Å². The average Bonchev–Trinajstić information content (AvgIpc) is 4.01. The van der Waals surface area contributed by atoms with Gasteiger partial charge in [-0.05, 0) is 71.1 Å². The third kappa shape index (κ3) is 6.63. The maximum absolute atomic E-state index is 4.10.